The minimum absolute atomic E-state index is 0.185. The summed E-state index contributed by atoms with van der Waals surface area (Å²) >= 11 is 0. The van der Waals surface area contributed by atoms with Crippen molar-refractivity contribution < 1.29 is 9.53 Å². The zero-order chi connectivity index (χ0) is 9.26. The van der Waals surface area contributed by atoms with Crippen LogP contribution < -0.4 is 0 Å². The summed E-state index contributed by atoms with van der Waals surface area (Å²) in [4.78, 5) is 15.5. The van der Waals surface area contributed by atoms with Gasteiger partial charge in [0.15, 0.2) is 0 Å². The number of piperazine rings is 1. The molecular formula is C9H16N2O2. The number of ether oxygens (including phenoxy) is 1. The van der Waals surface area contributed by atoms with Gasteiger partial charge in [-0.15, -0.1) is 0 Å². The Bertz CT molecular complexity index is 208. The number of rotatable bonds is 0. The maximum absolute atomic E-state index is 11.1. The van der Waals surface area contributed by atoms with Gasteiger partial charge in [0, 0.05) is 33.1 Å². The third-order valence-electron chi connectivity index (χ3n) is 2.88. The van der Waals surface area contributed by atoms with E-state index >= 15 is 0 Å². The molecule has 0 bridgehead atoms. The Hall–Kier alpha value is -0.610. The molecule has 4 heteroatoms. The van der Waals surface area contributed by atoms with Gasteiger partial charge in [-0.1, -0.05) is 0 Å². The zero-order valence-corrected chi connectivity index (χ0v) is 8.03. The minimum atomic E-state index is 0.185. The molecule has 4 nitrogen and oxygen atoms in total. The highest BCUT2D eigenvalue weighted by molar-refractivity contribution is 5.73. The van der Waals surface area contributed by atoms with Crippen molar-refractivity contribution in [3.05, 3.63) is 0 Å². The Labute approximate surface area is 78.4 Å². The molecule has 2 aliphatic rings. The van der Waals surface area contributed by atoms with Crippen molar-refractivity contribution in [1.82, 2.24) is 9.80 Å². The molecule has 1 amide bonds. The lowest BCUT2D eigenvalue weighted by molar-refractivity contribution is -0.134. The van der Waals surface area contributed by atoms with Crippen LogP contribution in [0.5, 0.6) is 0 Å². The van der Waals surface area contributed by atoms with E-state index in [1.165, 1.54) is 0 Å². The number of fused-ring (bicyclic) bond motifs is 1. The van der Waals surface area contributed by atoms with Crippen molar-refractivity contribution in [2.45, 2.75) is 13.0 Å². The average molecular weight is 184 g/mol. The van der Waals surface area contributed by atoms with Crippen molar-refractivity contribution >= 4 is 5.91 Å². The molecule has 0 aromatic heterocycles. The van der Waals surface area contributed by atoms with Crippen LogP contribution in [0.15, 0.2) is 0 Å². The molecule has 2 saturated heterocycles. The van der Waals surface area contributed by atoms with Crippen molar-refractivity contribution in [2.75, 3.05) is 39.4 Å². The predicted molar refractivity (Wildman–Crippen MR) is 48.4 cm³/mol. The molecule has 2 aliphatic heterocycles. The summed E-state index contributed by atoms with van der Waals surface area (Å²) in [5.74, 6) is 0.185. The number of hydrogen-bond donors (Lipinski definition) is 0. The molecule has 0 N–H and O–H groups in total. The zero-order valence-electron chi connectivity index (χ0n) is 8.03. The molecule has 1 atom stereocenters. The van der Waals surface area contributed by atoms with E-state index in [4.69, 9.17) is 4.74 Å². The summed E-state index contributed by atoms with van der Waals surface area (Å²) in [5.41, 5.74) is 0. The van der Waals surface area contributed by atoms with Crippen LogP contribution in [-0.4, -0.2) is 61.1 Å². The van der Waals surface area contributed by atoms with Crippen molar-refractivity contribution in [2.24, 2.45) is 0 Å². The van der Waals surface area contributed by atoms with Gasteiger partial charge in [-0.2, -0.15) is 0 Å². The quantitative estimate of drug-likeness (QED) is 0.511. The fourth-order valence-electron chi connectivity index (χ4n) is 2.03. The van der Waals surface area contributed by atoms with E-state index in [9.17, 15) is 4.79 Å². The van der Waals surface area contributed by atoms with Crippen molar-refractivity contribution in [1.29, 1.82) is 0 Å². The van der Waals surface area contributed by atoms with E-state index in [1.54, 1.807) is 6.92 Å². The Morgan fingerprint density at radius 2 is 2.23 bits per heavy atom. The first-order valence-corrected chi connectivity index (χ1v) is 4.84. The van der Waals surface area contributed by atoms with Crippen LogP contribution >= 0.6 is 0 Å². The lowest BCUT2D eigenvalue weighted by Crippen LogP contribution is -2.58. The van der Waals surface area contributed by atoms with E-state index in [-0.39, 0.29) is 5.91 Å². The Morgan fingerprint density at radius 3 is 3.00 bits per heavy atom. The molecule has 0 aromatic rings. The summed E-state index contributed by atoms with van der Waals surface area (Å²) in [6, 6.07) is 0.436. The first-order valence-electron chi connectivity index (χ1n) is 4.84. The average Bonchev–Trinajstić information content (AvgIpc) is 2.17. The van der Waals surface area contributed by atoms with E-state index < -0.39 is 0 Å². The number of carbonyl (C=O) groups is 1. The largest absolute Gasteiger partial charge is 0.378 e. The molecule has 0 unspecified atom stereocenters. The van der Waals surface area contributed by atoms with Crippen molar-refractivity contribution in [3.8, 4) is 0 Å². The first-order chi connectivity index (χ1) is 6.27. The van der Waals surface area contributed by atoms with Crippen LogP contribution in [0.1, 0.15) is 6.92 Å². The molecule has 0 spiro atoms. The molecule has 13 heavy (non-hydrogen) atoms. The van der Waals surface area contributed by atoms with Gasteiger partial charge in [-0.05, 0) is 0 Å². The highest BCUT2D eigenvalue weighted by Crippen LogP contribution is 2.13. The second-order valence-electron chi connectivity index (χ2n) is 3.73. The monoisotopic (exact) mass is 184 g/mol. The topological polar surface area (TPSA) is 32.8 Å². The van der Waals surface area contributed by atoms with Gasteiger partial charge in [0.05, 0.1) is 19.3 Å². The number of nitrogens with zero attached hydrogens (tertiary/aromatic N) is 2. The third-order valence-corrected chi connectivity index (χ3v) is 2.88. The molecule has 2 rings (SSSR count). The molecule has 0 aromatic carbocycles. The summed E-state index contributed by atoms with van der Waals surface area (Å²) in [6.07, 6.45) is 0. The highest BCUT2D eigenvalue weighted by atomic mass is 16.5. The number of hydrogen-bond acceptors (Lipinski definition) is 3. The molecule has 74 valence electrons. The number of amides is 1. The molecule has 0 saturated carbocycles. The smallest absolute Gasteiger partial charge is 0.219 e. The van der Waals surface area contributed by atoms with Crippen molar-refractivity contribution in [3.63, 3.8) is 0 Å². The molecule has 0 radical (unpaired) electrons. The Kier molecular flexibility index (Phi) is 2.51. The van der Waals surface area contributed by atoms with Crippen LogP contribution in [0.25, 0.3) is 0 Å². The van der Waals surface area contributed by atoms with Gasteiger partial charge in [0.2, 0.25) is 5.91 Å². The third kappa shape index (κ3) is 1.84. The molecule has 2 heterocycles. The first kappa shape index (κ1) is 8.97. The fraction of sp³-hybridized carbons (Fsp3) is 0.889. The van der Waals surface area contributed by atoms with E-state index in [2.05, 4.69) is 4.90 Å². The summed E-state index contributed by atoms with van der Waals surface area (Å²) in [6.45, 7) is 7.02. The Balaban J connectivity index is 1.95. The van der Waals surface area contributed by atoms with Gasteiger partial charge < -0.3 is 9.64 Å². The van der Waals surface area contributed by atoms with Gasteiger partial charge >= 0.3 is 0 Å². The minimum Gasteiger partial charge on any atom is -0.378 e. The molecular weight excluding hydrogens is 168 g/mol. The molecule has 2 fully saturated rings. The van der Waals surface area contributed by atoms with Crippen LogP contribution in [0.3, 0.4) is 0 Å². The lowest BCUT2D eigenvalue weighted by Gasteiger charge is -2.43. The lowest BCUT2D eigenvalue weighted by atomic mass is 10.1. The second kappa shape index (κ2) is 3.64. The van der Waals surface area contributed by atoms with Gasteiger partial charge in [-0.25, -0.2) is 0 Å². The maximum Gasteiger partial charge on any atom is 0.219 e. The summed E-state index contributed by atoms with van der Waals surface area (Å²) < 4.78 is 5.39. The fourth-order valence-corrected chi connectivity index (χ4v) is 2.03. The number of carbonyl (C=O) groups excluding carboxylic acids is 1. The van der Waals surface area contributed by atoms with Crippen LogP contribution in [0.4, 0.5) is 0 Å². The molecule has 0 aliphatic carbocycles. The van der Waals surface area contributed by atoms with Gasteiger partial charge in [0.25, 0.3) is 0 Å². The van der Waals surface area contributed by atoms with Crippen LogP contribution in [0.2, 0.25) is 0 Å². The summed E-state index contributed by atoms with van der Waals surface area (Å²) in [7, 11) is 0. The Morgan fingerprint density at radius 1 is 1.38 bits per heavy atom. The van der Waals surface area contributed by atoms with Crippen LogP contribution in [-0.2, 0) is 9.53 Å². The SMILES string of the molecule is CC(=O)N1CCN2CCOC[C@@H]2C1. The summed E-state index contributed by atoms with van der Waals surface area (Å²) in [5, 5.41) is 0. The normalized spacial score (nSPS) is 29.9. The van der Waals surface area contributed by atoms with Gasteiger partial charge in [-0.3, -0.25) is 9.69 Å². The van der Waals surface area contributed by atoms with E-state index in [0.29, 0.717) is 6.04 Å². The predicted octanol–water partition coefficient (Wildman–Crippen LogP) is -0.451. The second-order valence-corrected chi connectivity index (χ2v) is 3.73. The number of morpholine rings is 1. The van der Waals surface area contributed by atoms with Gasteiger partial charge in [0.1, 0.15) is 0 Å². The van der Waals surface area contributed by atoms with Crippen LogP contribution in [0, 0.1) is 0 Å². The van der Waals surface area contributed by atoms with E-state index in [0.717, 1.165) is 39.4 Å². The maximum atomic E-state index is 11.1. The standard InChI is InChI=1S/C9H16N2O2/c1-8(12)11-3-2-10-4-5-13-7-9(10)6-11/h9H,2-7H2,1H3/t9-/m0/s1. The highest BCUT2D eigenvalue weighted by Gasteiger charge is 2.30. The van der Waals surface area contributed by atoms with E-state index in [1.807, 2.05) is 4.90 Å².